The van der Waals surface area contributed by atoms with E-state index >= 15 is 0 Å². The Morgan fingerprint density at radius 2 is 0.778 bits per heavy atom. The molecule has 0 aliphatic rings. The third-order valence-corrected chi connectivity index (χ3v) is 4.86. The Balaban J connectivity index is 0.000000483. The van der Waals surface area contributed by atoms with Crippen molar-refractivity contribution in [1.82, 2.24) is 0 Å². The first-order chi connectivity index (χ1) is 11.5. The van der Waals surface area contributed by atoms with E-state index < -0.39 is 0 Å². The Hall–Kier alpha value is 0.219. The minimum atomic E-state index is 0. The van der Waals surface area contributed by atoms with Gasteiger partial charge in [0.25, 0.3) is 0 Å². The summed E-state index contributed by atoms with van der Waals surface area (Å²) in [5.41, 5.74) is 7.02. The van der Waals surface area contributed by atoms with Crippen LogP contribution < -0.4 is 0 Å². The molecule has 2 aromatic carbocycles. The molecule has 0 saturated heterocycles. The van der Waals surface area contributed by atoms with Crippen molar-refractivity contribution in [2.45, 2.75) is 105 Å². The van der Waals surface area contributed by atoms with Crippen molar-refractivity contribution in [1.29, 1.82) is 0 Å². The van der Waals surface area contributed by atoms with Crippen LogP contribution in [0, 0.1) is 46.9 Å². The predicted molar refractivity (Wildman–Crippen MR) is 119 cm³/mol. The van der Waals surface area contributed by atoms with E-state index in [-0.39, 0.29) is 68.6 Å². The van der Waals surface area contributed by atoms with Gasteiger partial charge in [-0.25, -0.2) is 24.3 Å². The number of hydrogen-bond donors (Lipinski definition) is 0. The Morgan fingerprint density at radius 1 is 0.519 bits per heavy atom. The molecule has 0 radical (unpaired) electrons. The SMILES string of the molecule is CC(C)(C)c1ccc[c-]1C(C)(C)C.CC(C)(C)c1ccc[c-]1C(C)(C)C.[Yb+2]. The van der Waals surface area contributed by atoms with E-state index in [1.807, 2.05) is 0 Å². The first-order valence-corrected chi connectivity index (χ1v) is 9.99. The maximum absolute atomic E-state index is 2.28. The zero-order valence-electron chi connectivity index (χ0n) is 19.7. The molecule has 0 amide bonds. The summed E-state index contributed by atoms with van der Waals surface area (Å²) in [5.74, 6) is 0. The molecule has 0 saturated carbocycles. The molecule has 0 atom stereocenters. The van der Waals surface area contributed by atoms with Crippen LogP contribution in [-0.2, 0) is 21.7 Å². The first kappa shape index (κ1) is 27.2. The number of hydrogen-bond acceptors (Lipinski definition) is 0. The van der Waals surface area contributed by atoms with Crippen LogP contribution in [0.5, 0.6) is 0 Å². The van der Waals surface area contributed by atoms with Gasteiger partial charge in [0.2, 0.25) is 0 Å². The van der Waals surface area contributed by atoms with Gasteiger partial charge in [0.05, 0.1) is 0 Å². The summed E-state index contributed by atoms with van der Waals surface area (Å²) in [7, 11) is 0. The molecule has 0 N–H and O–H groups in total. The van der Waals surface area contributed by atoms with Crippen molar-refractivity contribution in [3.05, 3.63) is 58.7 Å². The van der Waals surface area contributed by atoms with Gasteiger partial charge in [0.15, 0.2) is 0 Å². The van der Waals surface area contributed by atoms with Crippen LogP contribution in [0.15, 0.2) is 36.4 Å². The molecule has 0 nitrogen and oxygen atoms in total. The fraction of sp³-hybridized carbons (Fsp3) is 0.615. The quantitative estimate of drug-likeness (QED) is 0.305. The van der Waals surface area contributed by atoms with E-state index in [1.54, 1.807) is 0 Å². The van der Waals surface area contributed by atoms with Gasteiger partial charge in [0, 0.05) is 0 Å². The minimum Gasteiger partial charge on any atom is -0.213 e. The molecule has 0 aliphatic carbocycles. The molecular weight excluding hydrogens is 485 g/mol. The van der Waals surface area contributed by atoms with Crippen molar-refractivity contribution in [2.24, 2.45) is 0 Å². The molecular formula is C26H42Yb. The van der Waals surface area contributed by atoms with E-state index in [9.17, 15) is 0 Å². The summed E-state index contributed by atoms with van der Waals surface area (Å²) in [4.78, 5) is 0. The van der Waals surface area contributed by atoms with Gasteiger partial charge in [-0.2, -0.15) is 23.3 Å². The van der Waals surface area contributed by atoms with E-state index in [0.29, 0.717) is 0 Å². The summed E-state index contributed by atoms with van der Waals surface area (Å²) < 4.78 is 0. The maximum Gasteiger partial charge on any atom is 2.00 e. The topological polar surface area (TPSA) is 0 Å². The van der Waals surface area contributed by atoms with Crippen LogP contribution in [-0.4, -0.2) is 0 Å². The van der Waals surface area contributed by atoms with Crippen molar-refractivity contribution in [2.75, 3.05) is 0 Å². The summed E-state index contributed by atoms with van der Waals surface area (Å²) in [6, 6.07) is 13.3. The van der Waals surface area contributed by atoms with Crippen molar-refractivity contribution < 1.29 is 46.9 Å². The van der Waals surface area contributed by atoms with Crippen LogP contribution in [0.2, 0.25) is 0 Å². The normalized spacial score (nSPS) is 12.9. The molecule has 0 unspecified atom stereocenters. The van der Waals surface area contributed by atoms with E-state index in [4.69, 9.17) is 0 Å². The molecule has 0 spiro atoms. The van der Waals surface area contributed by atoms with Gasteiger partial charge in [-0.3, -0.25) is 0 Å². The Morgan fingerprint density at radius 3 is 0.926 bits per heavy atom. The minimum absolute atomic E-state index is 0. The monoisotopic (exact) mass is 528 g/mol. The van der Waals surface area contributed by atoms with Crippen molar-refractivity contribution >= 4 is 0 Å². The second kappa shape index (κ2) is 9.36. The second-order valence-corrected chi connectivity index (χ2v) is 11.7. The Labute approximate surface area is 208 Å². The molecule has 0 aromatic heterocycles. The maximum atomic E-state index is 2.28. The average molecular weight is 528 g/mol. The van der Waals surface area contributed by atoms with Gasteiger partial charge >= 0.3 is 46.9 Å². The second-order valence-electron chi connectivity index (χ2n) is 11.7. The summed E-state index contributed by atoms with van der Waals surface area (Å²) in [6.07, 6.45) is 0. The molecule has 2 aromatic rings. The van der Waals surface area contributed by atoms with Crippen LogP contribution in [0.3, 0.4) is 0 Å². The summed E-state index contributed by atoms with van der Waals surface area (Å²) in [6.45, 7) is 27.3. The third kappa shape index (κ3) is 7.87. The van der Waals surface area contributed by atoms with Crippen LogP contribution in [0.4, 0.5) is 0 Å². The fourth-order valence-corrected chi connectivity index (χ4v) is 3.46. The smallest absolute Gasteiger partial charge is 0.213 e. The molecule has 0 fully saturated rings. The molecule has 27 heavy (non-hydrogen) atoms. The number of rotatable bonds is 0. The average Bonchev–Trinajstić information content (AvgIpc) is 3.06. The fourth-order valence-electron chi connectivity index (χ4n) is 3.46. The van der Waals surface area contributed by atoms with Gasteiger partial charge in [-0.1, -0.05) is 93.9 Å². The first-order valence-electron chi connectivity index (χ1n) is 9.99. The van der Waals surface area contributed by atoms with Crippen LogP contribution in [0.25, 0.3) is 0 Å². The van der Waals surface area contributed by atoms with Gasteiger partial charge in [-0.05, 0) is 10.8 Å². The zero-order valence-corrected chi connectivity index (χ0v) is 21.4. The van der Waals surface area contributed by atoms with E-state index in [1.165, 1.54) is 22.3 Å². The van der Waals surface area contributed by atoms with Crippen LogP contribution >= 0.6 is 0 Å². The summed E-state index contributed by atoms with van der Waals surface area (Å²) in [5, 5.41) is 0. The van der Waals surface area contributed by atoms with Crippen molar-refractivity contribution in [3.63, 3.8) is 0 Å². The largest absolute Gasteiger partial charge is 2.00 e. The Kier molecular flexibility index (Phi) is 9.43. The summed E-state index contributed by atoms with van der Waals surface area (Å²) >= 11 is 0. The molecule has 0 bridgehead atoms. The molecule has 2 rings (SSSR count). The van der Waals surface area contributed by atoms with Crippen LogP contribution in [0.1, 0.15) is 105 Å². The molecule has 0 heterocycles. The van der Waals surface area contributed by atoms with E-state index in [2.05, 4.69) is 119 Å². The molecule has 1 heteroatoms. The van der Waals surface area contributed by atoms with E-state index in [0.717, 1.165) is 0 Å². The third-order valence-electron chi connectivity index (χ3n) is 4.86. The van der Waals surface area contributed by atoms with Crippen molar-refractivity contribution in [3.8, 4) is 0 Å². The van der Waals surface area contributed by atoms with Gasteiger partial charge in [-0.15, -0.1) is 11.1 Å². The van der Waals surface area contributed by atoms with Gasteiger partial charge in [0.1, 0.15) is 0 Å². The predicted octanol–water partition coefficient (Wildman–Crippen LogP) is 8.00. The standard InChI is InChI=1S/2C13H21.Yb/c2*1-12(2,3)10-8-7-9-11(10)13(4,5)6;/h2*7-9H,1-6H3;/q2*-1;+2. The zero-order chi connectivity index (χ0) is 20.6. The molecule has 160 valence electrons. The molecule has 0 aliphatic heterocycles. The van der Waals surface area contributed by atoms with Gasteiger partial charge < -0.3 is 0 Å². The Bertz CT molecular complexity index is 563.